The second kappa shape index (κ2) is 9.79. The highest BCUT2D eigenvalue weighted by atomic mass is 15.1. The summed E-state index contributed by atoms with van der Waals surface area (Å²) in [6, 6.07) is 0. The van der Waals surface area contributed by atoms with Gasteiger partial charge in [-0.15, -0.1) is 6.58 Å². The van der Waals surface area contributed by atoms with E-state index in [-0.39, 0.29) is 0 Å². The van der Waals surface area contributed by atoms with Gasteiger partial charge in [0.2, 0.25) is 0 Å². The number of unbranched alkanes of at least 4 members (excludes halogenated alkanes) is 3. The standard InChI is InChI=1S/C12H25N/c1-4-7-9-12-13(10-6-3)11-8-5-2/h6H,3-5,7-12H2,1-2H3. The van der Waals surface area contributed by atoms with Crippen LogP contribution in [0.2, 0.25) is 0 Å². The summed E-state index contributed by atoms with van der Waals surface area (Å²) in [5, 5.41) is 0. The van der Waals surface area contributed by atoms with Crippen LogP contribution in [0.15, 0.2) is 12.7 Å². The van der Waals surface area contributed by atoms with Crippen LogP contribution in [0.1, 0.15) is 46.0 Å². The van der Waals surface area contributed by atoms with Gasteiger partial charge < -0.3 is 0 Å². The minimum atomic E-state index is 1.06. The van der Waals surface area contributed by atoms with E-state index in [2.05, 4.69) is 25.3 Å². The molecule has 0 rings (SSSR count). The summed E-state index contributed by atoms with van der Waals surface area (Å²) in [4.78, 5) is 2.51. The third-order valence-electron chi connectivity index (χ3n) is 2.29. The van der Waals surface area contributed by atoms with Crippen LogP contribution < -0.4 is 0 Å². The van der Waals surface area contributed by atoms with Crippen LogP contribution in [0.25, 0.3) is 0 Å². The van der Waals surface area contributed by atoms with Crippen LogP contribution in [-0.4, -0.2) is 24.5 Å². The number of nitrogens with zero attached hydrogens (tertiary/aromatic N) is 1. The molecule has 0 atom stereocenters. The van der Waals surface area contributed by atoms with Crippen molar-refractivity contribution in [1.82, 2.24) is 4.90 Å². The third kappa shape index (κ3) is 8.04. The van der Waals surface area contributed by atoms with Crippen LogP contribution in [0.3, 0.4) is 0 Å². The molecule has 0 amide bonds. The van der Waals surface area contributed by atoms with Crippen LogP contribution in [0.5, 0.6) is 0 Å². The lowest BCUT2D eigenvalue weighted by molar-refractivity contribution is 0.290. The second-order valence-electron chi connectivity index (χ2n) is 3.65. The second-order valence-corrected chi connectivity index (χ2v) is 3.65. The van der Waals surface area contributed by atoms with Crippen molar-refractivity contribution in [3.63, 3.8) is 0 Å². The quantitative estimate of drug-likeness (QED) is 0.391. The van der Waals surface area contributed by atoms with Gasteiger partial charge in [0.1, 0.15) is 0 Å². The van der Waals surface area contributed by atoms with E-state index in [0.29, 0.717) is 0 Å². The molecular weight excluding hydrogens is 158 g/mol. The predicted molar refractivity (Wildman–Crippen MR) is 61.1 cm³/mol. The fourth-order valence-electron chi connectivity index (χ4n) is 1.44. The van der Waals surface area contributed by atoms with E-state index in [1.165, 1.54) is 45.2 Å². The zero-order valence-electron chi connectivity index (χ0n) is 9.39. The molecule has 0 aliphatic rings. The van der Waals surface area contributed by atoms with E-state index in [0.717, 1.165) is 6.54 Å². The molecule has 0 fully saturated rings. The molecule has 0 aliphatic heterocycles. The highest BCUT2D eigenvalue weighted by Crippen LogP contribution is 2.00. The summed E-state index contributed by atoms with van der Waals surface area (Å²) in [7, 11) is 0. The highest BCUT2D eigenvalue weighted by Gasteiger charge is 2.00. The fourth-order valence-corrected chi connectivity index (χ4v) is 1.44. The van der Waals surface area contributed by atoms with Gasteiger partial charge in [0.15, 0.2) is 0 Å². The van der Waals surface area contributed by atoms with Crippen LogP contribution in [0.4, 0.5) is 0 Å². The molecule has 1 heteroatoms. The summed E-state index contributed by atoms with van der Waals surface area (Å²) in [5.74, 6) is 0. The Labute approximate surface area is 83.8 Å². The summed E-state index contributed by atoms with van der Waals surface area (Å²) in [6.45, 7) is 11.8. The molecule has 0 bridgehead atoms. The maximum Gasteiger partial charge on any atom is 0.0160 e. The van der Waals surface area contributed by atoms with Crippen molar-refractivity contribution >= 4 is 0 Å². The zero-order chi connectivity index (χ0) is 9.94. The van der Waals surface area contributed by atoms with Gasteiger partial charge in [0, 0.05) is 6.54 Å². The Balaban J connectivity index is 3.47. The van der Waals surface area contributed by atoms with E-state index in [9.17, 15) is 0 Å². The molecule has 0 unspecified atom stereocenters. The lowest BCUT2D eigenvalue weighted by Gasteiger charge is -2.19. The molecule has 0 aromatic heterocycles. The molecule has 13 heavy (non-hydrogen) atoms. The Bertz CT molecular complexity index is 110. The first-order valence-corrected chi connectivity index (χ1v) is 5.68. The maximum absolute atomic E-state index is 3.80. The molecule has 0 aliphatic carbocycles. The Kier molecular flexibility index (Phi) is 9.56. The Morgan fingerprint density at radius 2 is 1.62 bits per heavy atom. The van der Waals surface area contributed by atoms with E-state index in [1.807, 2.05) is 6.08 Å². The van der Waals surface area contributed by atoms with E-state index < -0.39 is 0 Å². The highest BCUT2D eigenvalue weighted by molar-refractivity contribution is 4.73. The van der Waals surface area contributed by atoms with Gasteiger partial charge in [-0.1, -0.05) is 39.2 Å². The lowest BCUT2D eigenvalue weighted by atomic mass is 10.2. The first-order valence-electron chi connectivity index (χ1n) is 5.68. The maximum atomic E-state index is 3.80. The number of hydrogen-bond donors (Lipinski definition) is 0. The molecular formula is C12H25N. The minimum absolute atomic E-state index is 1.06. The van der Waals surface area contributed by atoms with Crippen LogP contribution in [-0.2, 0) is 0 Å². The summed E-state index contributed by atoms with van der Waals surface area (Å²) >= 11 is 0. The first-order chi connectivity index (χ1) is 6.35. The van der Waals surface area contributed by atoms with Crippen LogP contribution in [0, 0.1) is 0 Å². The Morgan fingerprint density at radius 1 is 1.00 bits per heavy atom. The summed E-state index contributed by atoms with van der Waals surface area (Å²) < 4.78 is 0. The van der Waals surface area contributed by atoms with Crippen molar-refractivity contribution in [2.24, 2.45) is 0 Å². The van der Waals surface area contributed by atoms with Gasteiger partial charge in [0.05, 0.1) is 0 Å². The molecule has 0 aromatic rings. The first kappa shape index (κ1) is 12.7. The third-order valence-corrected chi connectivity index (χ3v) is 2.29. The minimum Gasteiger partial charge on any atom is -0.300 e. The fraction of sp³-hybridized carbons (Fsp3) is 0.833. The van der Waals surface area contributed by atoms with Crippen molar-refractivity contribution < 1.29 is 0 Å². The summed E-state index contributed by atoms with van der Waals surface area (Å²) in [6.07, 6.45) is 8.65. The van der Waals surface area contributed by atoms with E-state index in [4.69, 9.17) is 0 Å². The molecule has 78 valence electrons. The molecule has 0 saturated carbocycles. The smallest absolute Gasteiger partial charge is 0.0160 e. The molecule has 0 spiro atoms. The van der Waals surface area contributed by atoms with Crippen molar-refractivity contribution in [3.05, 3.63) is 12.7 Å². The van der Waals surface area contributed by atoms with Crippen molar-refractivity contribution in [2.75, 3.05) is 19.6 Å². The number of rotatable bonds is 9. The average Bonchev–Trinajstić information content (AvgIpc) is 2.14. The largest absolute Gasteiger partial charge is 0.300 e. The molecule has 1 nitrogen and oxygen atoms in total. The van der Waals surface area contributed by atoms with Gasteiger partial charge in [-0.05, 0) is 25.9 Å². The monoisotopic (exact) mass is 183 g/mol. The predicted octanol–water partition coefficient (Wildman–Crippen LogP) is 3.46. The topological polar surface area (TPSA) is 3.24 Å². The molecule has 0 aromatic carbocycles. The van der Waals surface area contributed by atoms with Gasteiger partial charge in [-0.3, -0.25) is 4.90 Å². The molecule has 0 saturated heterocycles. The normalized spacial score (nSPS) is 10.7. The molecule has 0 heterocycles. The summed E-state index contributed by atoms with van der Waals surface area (Å²) in [5.41, 5.74) is 0. The average molecular weight is 183 g/mol. The van der Waals surface area contributed by atoms with E-state index in [1.54, 1.807) is 0 Å². The van der Waals surface area contributed by atoms with Gasteiger partial charge in [0.25, 0.3) is 0 Å². The molecule has 0 N–H and O–H groups in total. The Hall–Kier alpha value is -0.300. The van der Waals surface area contributed by atoms with E-state index >= 15 is 0 Å². The lowest BCUT2D eigenvalue weighted by Crippen LogP contribution is -2.26. The van der Waals surface area contributed by atoms with Gasteiger partial charge in [-0.25, -0.2) is 0 Å². The number of hydrogen-bond acceptors (Lipinski definition) is 1. The zero-order valence-corrected chi connectivity index (χ0v) is 9.39. The van der Waals surface area contributed by atoms with Gasteiger partial charge >= 0.3 is 0 Å². The van der Waals surface area contributed by atoms with Crippen molar-refractivity contribution in [3.8, 4) is 0 Å². The SMILES string of the molecule is C=CCN(CCCC)CCCCC. The van der Waals surface area contributed by atoms with Crippen LogP contribution >= 0.6 is 0 Å². The molecule has 0 radical (unpaired) electrons. The van der Waals surface area contributed by atoms with Crippen molar-refractivity contribution in [1.29, 1.82) is 0 Å². The van der Waals surface area contributed by atoms with Crippen molar-refractivity contribution in [2.45, 2.75) is 46.0 Å². The van der Waals surface area contributed by atoms with Gasteiger partial charge in [-0.2, -0.15) is 0 Å². The Morgan fingerprint density at radius 3 is 2.15 bits per heavy atom.